The normalized spacial score (nSPS) is 18.9. The van der Waals surface area contributed by atoms with Crippen LogP contribution in [-0.2, 0) is 10.2 Å². The van der Waals surface area contributed by atoms with E-state index in [1.165, 1.54) is 10.1 Å². The highest BCUT2D eigenvalue weighted by Gasteiger charge is 2.32. The molecule has 2 saturated heterocycles. The van der Waals surface area contributed by atoms with Gasteiger partial charge >= 0.3 is 11.7 Å². The number of piperazine rings is 1. The average Bonchev–Trinajstić information content (AvgIpc) is 3.35. The van der Waals surface area contributed by atoms with E-state index in [4.69, 9.17) is 11.5 Å². The second-order valence-corrected chi connectivity index (χ2v) is 12.0. The molecular formula is C28H42N8O3. The van der Waals surface area contributed by atoms with Crippen LogP contribution in [0, 0.1) is 5.92 Å². The van der Waals surface area contributed by atoms with Gasteiger partial charge in [-0.3, -0.25) is 14.7 Å². The second-order valence-electron chi connectivity index (χ2n) is 12.0. The van der Waals surface area contributed by atoms with Crippen LogP contribution in [0.5, 0.6) is 0 Å². The summed E-state index contributed by atoms with van der Waals surface area (Å²) in [5.74, 6) is 0.624. The lowest BCUT2D eigenvalue weighted by molar-refractivity contribution is -0.137. The zero-order valence-corrected chi connectivity index (χ0v) is 23.5. The molecule has 0 saturated carbocycles. The number of aromatic nitrogens is 2. The topological polar surface area (TPSA) is 143 Å². The predicted molar refractivity (Wildman–Crippen MR) is 152 cm³/mol. The summed E-state index contributed by atoms with van der Waals surface area (Å²) in [6, 6.07) is 9.22. The van der Waals surface area contributed by atoms with Crippen LogP contribution in [0.3, 0.4) is 0 Å². The summed E-state index contributed by atoms with van der Waals surface area (Å²) in [5, 5.41) is 2.70. The summed E-state index contributed by atoms with van der Waals surface area (Å²) in [6.07, 6.45) is 2.77. The standard InChI is InChI=1S/C28H42N8O3/c1-27(2,19-33-11-9-20(17-29)18-33)21-5-7-22(8-6-21)36-12-10-23(32-26(36)39)31-25(38)35-15-13-34(14-16-35)24(37)28(3,4)30/h5-8,10,12,20H,9,11,13-19,29-30H2,1-4H3,(H,31,32,38,39). The van der Waals surface area contributed by atoms with Gasteiger partial charge in [-0.1, -0.05) is 26.0 Å². The fourth-order valence-corrected chi connectivity index (χ4v) is 5.35. The van der Waals surface area contributed by atoms with Gasteiger partial charge in [0.05, 0.1) is 11.2 Å². The van der Waals surface area contributed by atoms with E-state index in [1.807, 2.05) is 12.1 Å². The number of hydrogen-bond acceptors (Lipinski definition) is 7. The van der Waals surface area contributed by atoms with Crippen molar-refractivity contribution in [1.29, 1.82) is 0 Å². The molecule has 2 aliphatic rings. The second kappa shape index (κ2) is 11.4. The summed E-state index contributed by atoms with van der Waals surface area (Å²) in [7, 11) is 0. The molecule has 0 radical (unpaired) electrons. The molecule has 212 valence electrons. The van der Waals surface area contributed by atoms with Crippen molar-refractivity contribution < 1.29 is 9.59 Å². The van der Waals surface area contributed by atoms with Gasteiger partial charge < -0.3 is 26.2 Å². The largest absolute Gasteiger partial charge is 0.354 e. The van der Waals surface area contributed by atoms with E-state index >= 15 is 0 Å². The number of anilines is 1. The molecule has 2 aliphatic heterocycles. The van der Waals surface area contributed by atoms with Gasteiger partial charge in [-0.05, 0) is 63.0 Å². The van der Waals surface area contributed by atoms with Crippen molar-refractivity contribution in [2.24, 2.45) is 17.4 Å². The molecule has 1 atom stereocenters. The number of benzene rings is 1. The van der Waals surface area contributed by atoms with Crippen molar-refractivity contribution in [3.8, 4) is 5.69 Å². The predicted octanol–water partition coefficient (Wildman–Crippen LogP) is 1.20. The molecule has 11 nitrogen and oxygen atoms in total. The minimum absolute atomic E-state index is 0.0430. The Hall–Kier alpha value is -3.28. The maximum atomic E-state index is 12.8. The van der Waals surface area contributed by atoms with Crippen molar-refractivity contribution in [2.75, 3.05) is 57.7 Å². The molecule has 1 aromatic heterocycles. The van der Waals surface area contributed by atoms with E-state index in [-0.39, 0.29) is 23.2 Å². The van der Waals surface area contributed by atoms with Gasteiger partial charge in [-0.2, -0.15) is 4.98 Å². The van der Waals surface area contributed by atoms with Crippen LogP contribution in [0.2, 0.25) is 0 Å². The zero-order chi connectivity index (χ0) is 28.4. The Morgan fingerprint density at radius 2 is 1.64 bits per heavy atom. The van der Waals surface area contributed by atoms with Gasteiger partial charge in [0.1, 0.15) is 5.82 Å². The SMILES string of the molecule is CC(C)(N)C(=O)N1CCN(C(=O)Nc2ccn(-c3ccc(C(C)(C)CN4CCC(CN)C4)cc3)c(=O)n2)CC1. The summed E-state index contributed by atoms with van der Waals surface area (Å²) in [6.45, 7) is 13.2. The first-order valence-corrected chi connectivity index (χ1v) is 13.6. The first-order chi connectivity index (χ1) is 18.4. The van der Waals surface area contributed by atoms with Crippen molar-refractivity contribution >= 4 is 17.8 Å². The zero-order valence-electron chi connectivity index (χ0n) is 23.5. The molecule has 0 bridgehead atoms. The van der Waals surface area contributed by atoms with Crippen molar-refractivity contribution in [3.63, 3.8) is 0 Å². The minimum Gasteiger partial charge on any atom is -0.338 e. The van der Waals surface area contributed by atoms with Crippen LogP contribution >= 0.6 is 0 Å². The fourth-order valence-electron chi connectivity index (χ4n) is 5.35. The fraction of sp³-hybridized carbons (Fsp3) is 0.571. The third-order valence-electron chi connectivity index (χ3n) is 7.69. The first-order valence-electron chi connectivity index (χ1n) is 13.6. The Morgan fingerprint density at radius 1 is 1.00 bits per heavy atom. The number of carbonyl (C=O) groups excluding carboxylic acids is 2. The van der Waals surface area contributed by atoms with E-state index in [1.54, 1.807) is 35.9 Å². The minimum atomic E-state index is -0.947. The quantitative estimate of drug-likeness (QED) is 0.481. The van der Waals surface area contributed by atoms with Gasteiger partial charge in [0.15, 0.2) is 0 Å². The smallest absolute Gasteiger partial charge is 0.338 e. The monoisotopic (exact) mass is 538 g/mol. The van der Waals surface area contributed by atoms with Crippen molar-refractivity contribution in [3.05, 3.63) is 52.6 Å². The molecule has 0 spiro atoms. The Labute approximate surface area is 230 Å². The molecule has 1 unspecified atom stereocenters. The van der Waals surface area contributed by atoms with E-state index < -0.39 is 11.2 Å². The number of rotatable bonds is 7. The van der Waals surface area contributed by atoms with Crippen LogP contribution in [0.25, 0.3) is 5.69 Å². The van der Waals surface area contributed by atoms with Crippen LogP contribution in [-0.4, -0.2) is 94.1 Å². The Balaban J connectivity index is 1.35. The van der Waals surface area contributed by atoms with Crippen molar-refractivity contribution in [1.82, 2.24) is 24.3 Å². The Kier molecular flexibility index (Phi) is 8.43. The molecular weight excluding hydrogens is 496 g/mol. The van der Waals surface area contributed by atoms with Crippen LogP contribution in [0.1, 0.15) is 39.7 Å². The molecule has 3 heterocycles. The lowest BCUT2D eigenvalue weighted by Gasteiger charge is -2.37. The number of amides is 3. The lowest BCUT2D eigenvalue weighted by atomic mass is 9.84. The first kappa shape index (κ1) is 28.7. The Morgan fingerprint density at radius 3 is 2.21 bits per heavy atom. The van der Waals surface area contributed by atoms with Gasteiger partial charge in [0, 0.05) is 50.9 Å². The number of nitrogens with two attached hydrogens (primary N) is 2. The summed E-state index contributed by atoms with van der Waals surface area (Å²) in [5.41, 5.74) is 12.2. The molecule has 5 N–H and O–H groups in total. The molecule has 11 heteroatoms. The number of carbonyl (C=O) groups is 2. The highest BCUT2D eigenvalue weighted by atomic mass is 16.2. The number of nitrogens with zero attached hydrogens (tertiary/aromatic N) is 5. The van der Waals surface area contributed by atoms with Gasteiger partial charge in [0.25, 0.3) is 0 Å². The van der Waals surface area contributed by atoms with Crippen LogP contribution in [0.4, 0.5) is 10.6 Å². The van der Waals surface area contributed by atoms with E-state index in [0.717, 1.165) is 32.6 Å². The summed E-state index contributed by atoms with van der Waals surface area (Å²) < 4.78 is 1.46. The average molecular weight is 539 g/mol. The highest BCUT2D eigenvalue weighted by Crippen LogP contribution is 2.28. The van der Waals surface area contributed by atoms with E-state index in [0.29, 0.717) is 37.8 Å². The molecule has 4 rings (SSSR count). The Bertz CT molecular complexity index is 1230. The van der Waals surface area contributed by atoms with E-state index in [9.17, 15) is 14.4 Å². The van der Waals surface area contributed by atoms with Crippen molar-refractivity contribution in [2.45, 2.75) is 45.1 Å². The number of nitrogens with one attached hydrogen (secondary N) is 1. The molecule has 2 aromatic rings. The lowest BCUT2D eigenvalue weighted by Crippen LogP contribution is -2.58. The third-order valence-corrected chi connectivity index (χ3v) is 7.69. The number of hydrogen-bond donors (Lipinski definition) is 3. The number of urea groups is 1. The van der Waals surface area contributed by atoms with E-state index in [2.05, 4.69) is 41.2 Å². The summed E-state index contributed by atoms with van der Waals surface area (Å²) >= 11 is 0. The molecule has 1 aromatic carbocycles. The molecule has 0 aliphatic carbocycles. The van der Waals surface area contributed by atoms with Gasteiger partial charge in [0.2, 0.25) is 5.91 Å². The molecule has 3 amide bonds. The third kappa shape index (κ3) is 6.84. The molecule has 2 fully saturated rings. The van der Waals surface area contributed by atoms with Gasteiger partial charge in [-0.15, -0.1) is 0 Å². The molecule has 39 heavy (non-hydrogen) atoms. The highest BCUT2D eigenvalue weighted by molar-refractivity contribution is 5.89. The van der Waals surface area contributed by atoms with Crippen LogP contribution < -0.4 is 22.5 Å². The summed E-state index contributed by atoms with van der Waals surface area (Å²) in [4.78, 5) is 47.7. The van der Waals surface area contributed by atoms with Gasteiger partial charge in [-0.25, -0.2) is 9.59 Å². The van der Waals surface area contributed by atoms with Crippen LogP contribution in [0.15, 0.2) is 41.3 Å². The maximum Gasteiger partial charge on any atom is 0.354 e. The number of likely N-dealkylation sites (tertiary alicyclic amines) is 1. The maximum absolute atomic E-state index is 12.8.